The molecule has 0 saturated carbocycles. The summed E-state index contributed by atoms with van der Waals surface area (Å²) in [5, 5.41) is 11.3. The zero-order chi connectivity index (χ0) is 20.4. The van der Waals surface area contributed by atoms with Crippen molar-refractivity contribution in [2.75, 3.05) is 49.1 Å². The van der Waals surface area contributed by atoms with Crippen molar-refractivity contribution in [1.29, 1.82) is 0 Å². The van der Waals surface area contributed by atoms with Crippen molar-refractivity contribution in [3.63, 3.8) is 0 Å². The number of anilines is 2. The van der Waals surface area contributed by atoms with Crippen molar-refractivity contribution in [2.45, 2.75) is 17.7 Å². The highest BCUT2D eigenvalue weighted by Gasteiger charge is 2.33. The lowest BCUT2D eigenvalue weighted by molar-refractivity contribution is -0.385. The number of hydrogen-bond donors (Lipinski definition) is 0. The van der Waals surface area contributed by atoms with Gasteiger partial charge in [0.2, 0.25) is 10.0 Å². The first-order valence-corrected chi connectivity index (χ1v) is 11.1. The Balaban J connectivity index is 1.63. The normalized spacial score (nSPS) is 18.2. The fourth-order valence-corrected chi connectivity index (χ4v) is 5.62. The van der Waals surface area contributed by atoms with Gasteiger partial charge in [0, 0.05) is 57.6 Å². The van der Waals surface area contributed by atoms with E-state index >= 15 is 0 Å². The van der Waals surface area contributed by atoms with E-state index in [-0.39, 0.29) is 10.6 Å². The van der Waals surface area contributed by atoms with Gasteiger partial charge in [-0.2, -0.15) is 4.31 Å². The van der Waals surface area contributed by atoms with Crippen LogP contribution in [-0.2, 0) is 10.0 Å². The molecule has 0 atom stereocenters. The highest BCUT2D eigenvalue weighted by Crippen LogP contribution is 2.33. The maximum Gasteiger partial charge on any atom is 0.270 e. The van der Waals surface area contributed by atoms with E-state index in [1.54, 1.807) is 12.3 Å². The van der Waals surface area contributed by atoms with E-state index in [2.05, 4.69) is 9.88 Å². The quantitative estimate of drug-likeness (QED) is 0.542. The molecule has 2 fully saturated rings. The van der Waals surface area contributed by atoms with Crippen LogP contribution in [0.25, 0.3) is 0 Å². The van der Waals surface area contributed by atoms with Gasteiger partial charge in [-0.1, -0.05) is 6.07 Å². The molecule has 2 aliphatic heterocycles. The van der Waals surface area contributed by atoms with Crippen LogP contribution >= 0.6 is 0 Å². The topological polar surface area (TPSA) is 99.9 Å². The number of aromatic nitrogens is 1. The summed E-state index contributed by atoms with van der Waals surface area (Å²) in [5.74, 6) is 0.890. The number of sulfonamides is 1. The van der Waals surface area contributed by atoms with Gasteiger partial charge < -0.3 is 9.80 Å². The molecule has 2 aliphatic rings. The summed E-state index contributed by atoms with van der Waals surface area (Å²) in [5.41, 5.74) is 0.321. The Bertz CT molecular complexity index is 985. The van der Waals surface area contributed by atoms with Crippen LogP contribution in [-0.4, -0.2) is 61.9 Å². The summed E-state index contributed by atoms with van der Waals surface area (Å²) in [6.45, 7) is 3.51. The highest BCUT2D eigenvalue weighted by atomic mass is 32.2. The molecule has 4 rings (SSSR count). The average molecular weight is 417 g/mol. The van der Waals surface area contributed by atoms with E-state index in [4.69, 9.17) is 0 Å². The van der Waals surface area contributed by atoms with Gasteiger partial charge >= 0.3 is 0 Å². The van der Waals surface area contributed by atoms with E-state index in [1.807, 2.05) is 23.1 Å². The predicted octanol–water partition coefficient (Wildman–Crippen LogP) is 2.10. The number of nitrogens with zero attached hydrogens (tertiary/aromatic N) is 5. The molecule has 9 nitrogen and oxygen atoms in total. The zero-order valence-electron chi connectivity index (χ0n) is 16.0. The van der Waals surface area contributed by atoms with Crippen LogP contribution < -0.4 is 9.80 Å². The molecule has 0 spiro atoms. The molecule has 0 bridgehead atoms. The van der Waals surface area contributed by atoms with Crippen LogP contribution in [0.3, 0.4) is 0 Å². The summed E-state index contributed by atoms with van der Waals surface area (Å²) in [6.07, 6.45) is 3.37. The number of nitro groups is 1. The third-order valence-corrected chi connectivity index (χ3v) is 7.36. The van der Waals surface area contributed by atoms with Crippen LogP contribution in [0.4, 0.5) is 17.2 Å². The van der Waals surface area contributed by atoms with Gasteiger partial charge in [0.25, 0.3) is 5.69 Å². The second kappa shape index (κ2) is 7.96. The minimum absolute atomic E-state index is 0.0277. The number of rotatable bonds is 5. The van der Waals surface area contributed by atoms with Crippen LogP contribution in [0.5, 0.6) is 0 Å². The number of nitro benzene ring substituents is 1. The largest absolute Gasteiger partial charge is 0.367 e. The molecule has 10 heteroatoms. The third-order valence-electron chi connectivity index (χ3n) is 5.43. The SMILES string of the molecule is O=[N+]([O-])c1ccc(N2CCN(c3ccccn3)CC2)c(S(=O)(=O)N2CCCC2)c1. The third kappa shape index (κ3) is 3.90. The molecule has 29 heavy (non-hydrogen) atoms. The first-order valence-electron chi connectivity index (χ1n) is 9.66. The number of piperazine rings is 1. The summed E-state index contributed by atoms with van der Waals surface area (Å²) < 4.78 is 27.9. The molecule has 1 aromatic carbocycles. The van der Waals surface area contributed by atoms with E-state index in [0.717, 1.165) is 18.7 Å². The second-order valence-electron chi connectivity index (χ2n) is 7.18. The minimum Gasteiger partial charge on any atom is -0.367 e. The van der Waals surface area contributed by atoms with Crippen LogP contribution in [0.15, 0.2) is 47.5 Å². The Hall–Kier alpha value is -2.72. The van der Waals surface area contributed by atoms with Gasteiger partial charge in [0.05, 0.1) is 10.6 Å². The molecule has 0 unspecified atom stereocenters. The molecule has 0 amide bonds. The lowest BCUT2D eigenvalue weighted by Gasteiger charge is -2.37. The monoisotopic (exact) mass is 417 g/mol. The first kappa shape index (κ1) is 19.6. The Kier molecular flexibility index (Phi) is 5.37. The van der Waals surface area contributed by atoms with Crippen LogP contribution in [0.2, 0.25) is 0 Å². The van der Waals surface area contributed by atoms with Crippen molar-refractivity contribution in [2.24, 2.45) is 0 Å². The van der Waals surface area contributed by atoms with Gasteiger partial charge in [-0.15, -0.1) is 0 Å². The number of non-ortho nitro benzene ring substituents is 1. The fourth-order valence-electron chi connectivity index (χ4n) is 3.87. The van der Waals surface area contributed by atoms with Crippen molar-refractivity contribution in [3.8, 4) is 0 Å². The number of pyridine rings is 1. The maximum absolute atomic E-state index is 13.2. The Morgan fingerprint density at radius 2 is 1.62 bits per heavy atom. The predicted molar refractivity (Wildman–Crippen MR) is 110 cm³/mol. The Morgan fingerprint density at radius 1 is 0.931 bits per heavy atom. The average Bonchev–Trinajstić information content (AvgIpc) is 3.30. The Morgan fingerprint density at radius 3 is 2.24 bits per heavy atom. The molecular weight excluding hydrogens is 394 g/mol. The van der Waals surface area contributed by atoms with Crippen molar-refractivity contribution in [3.05, 3.63) is 52.7 Å². The zero-order valence-corrected chi connectivity index (χ0v) is 16.8. The van der Waals surface area contributed by atoms with Crippen molar-refractivity contribution >= 4 is 27.2 Å². The minimum atomic E-state index is -3.78. The van der Waals surface area contributed by atoms with Crippen LogP contribution in [0.1, 0.15) is 12.8 Å². The van der Waals surface area contributed by atoms with Gasteiger partial charge in [-0.3, -0.25) is 10.1 Å². The number of hydrogen-bond acceptors (Lipinski definition) is 7. The van der Waals surface area contributed by atoms with E-state index in [9.17, 15) is 18.5 Å². The summed E-state index contributed by atoms with van der Waals surface area (Å²) >= 11 is 0. The molecule has 3 heterocycles. The van der Waals surface area contributed by atoms with Gasteiger partial charge in [-0.25, -0.2) is 13.4 Å². The molecule has 1 aromatic heterocycles. The first-order chi connectivity index (χ1) is 14.0. The van der Waals surface area contributed by atoms with E-state index in [1.165, 1.54) is 16.4 Å². The molecule has 0 N–H and O–H groups in total. The lowest BCUT2D eigenvalue weighted by Crippen LogP contribution is -2.47. The van der Waals surface area contributed by atoms with E-state index in [0.29, 0.717) is 45.0 Å². The van der Waals surface area contributed by atoms with Gasteiger partial charge in [0.1, 0.15) is 10.7 Å². The fraction of sp³-hybridized carbons (Fsp3) is 0.421. The van der Waals surface area contributed by atoms with Gasteiger partial charge in [0.15, 0.2) is 0 Å². The number of benzene rings is 1. The van der Waals surface area contributed by atoms with Crippen molar-refractivity contribution in [1.82, 2.24) is 9.29 Å². The van der Waals surface area contributed by atoms with Crippen LogP contribution in [0, 0.1) is 10.1 Å². The molecule has 0 radical (unpaired) electrons. The molecular formula is C19H23N5O4S. The summed E-state index contributed by atoms with van der Waals surface area (Å²) in [7, 11) is -3.78. The molecule has 0 aliphatic carbocycles. The van der Waals surface area contributed by atoms with E-state index < -0.39 is 14.9 Å². The van der Waals surface area contributed by atoms with Gasteiger partial charge in [-0.05, 0) is 31.0 Å². The maximum atomic E-state index is 13.2. The van der Waals surface area contributed by atoms with Crippen molar-refractivity contribution < 1.29 is 13.3 Å². The smallest absolute Gasteiger partial charge is 0.270 e. The standard InChI is InChI=1S/C19H23N5O4S/c25-24(26)16-6-7-17(18(15-16)29(27,28)23-9-3-4-10-23)21-11-13-22(14-12-21)19-5-1-2-8-20-19/h1-2,5-8,15H,3-4,9-14H2. The Labute approximate surface area is 169 Å². The molecule has 2 saturated heterocycles. The highest BCUT2D eigenvalue weighted by molar-refractivity contribution is 7.89. The summed E-state index contributed by atoms with van der Waals surface area (Å²) in [4.78, 5) is 19.2. The second-order valence-corrected chi connectivity index (χ2v) is 9.09. The summed E-state index contributed by atoms with van der Waals surface area (Å²) in [6, 6.07) is 9.90. The molecule has 154 valence electrons. The molecule has 2 aromatic rings. The lowest BCUT2D eigenvalue weighted by atomic mass is 10.2.